The second-order valence-electron chi connectivity index (χ2n) is 3.76. The smallest absolute Gasteiger partial charge is 0.122 e. The molecular weight excluding hydrogens is 315 g/mol. The first-order valence-electron chi connectivity index (χ1n) is 5.02. The van der Waals surface area contributed by atoms with Crippen LogP contribution in [0.4, 0.5) is 0 Å². The number of aliphatic hydroxyl groups is 1. The topological polar surface area (TPSA) is 38.1 Å². The molecule has 0 saturated carbocycles. The van der Waals surface area contributed by atoms with Gasteiger partial charge in [-0.15, -0.1) is 0 Å². The van der Waals surface area contributed by atoms with Gasteiger partial charge in [-0.1, -0.05) is 18.2 Å². The number of aliphatic hydroxyl groups excluding tert-OH is 1. The molecule has 1 heterocycles. The molecule has 1 aromatic heterocycles. The van der Waals surface area contributed by atoms with Crippen molar-refractivity contribution in [2.24, 2.45) is 7.05 Å². The van der Waals surface area contributed by atoms with Crippen LogP contribution in [0.3, 0.4) is 0 Å². The number of halogens is 1. The maximum atomic E-state index is 10.3. The van der Waals surface area contributed by atoms with Crippen LogP contribution in [0, 0.1) is 10.5 Å². The molecule has 2 rings (SSSR count). The summed E-state index contributed by atoms with van der Waals surface area (Å²) in [5.41, 5.74) is 2.92. The number of benzene rings is 1. The van der Waals surface area contributed by atoms with Crippen LogP contribution in [0.25, 0.3) is 0 Å². The van der Waals surface area contributed by atoms with Gasteiger partial charge < -0.3 is 5.11 Å². The molecule has 84 valence electrons. The van der Waals surface area contributed by atoms with E-state index < -0.39 is 6.10 Å². The van der Waals surface area contributed by atoms with Gasteiger partial charge in [0.05, 0.1) is 5.69 Å². The number of rotatable bonds is 2. The zero-order valence-corrected chi connectivity index (χ0v) is 11.3. The van der Waals surface area contributed by atoms with E-state index in [1.54, 1.807) is 10.9 Å². The average Bonchev–Trinajstić information content (AvgIpc) is 2.68. The van der Waals surface area contributed by atoms with E-state index in [0.29, 0.717) is 0 Å². The summed E-state index contributed by atoms with van der Waals surface area (Å²) in [5.74, 6) is 0. The third-order valence-electron chi connectivity index (χ3n) is 2.66. The van der Waals surface area contributed by atoms with E-state index in [0.717, 1.165) is 14.8 Å². The lowest BCUT2D eigenvalue weighted by molar-refractivity contribution is 0.209. The Hall–Kier alpha value is -0.880. The highest BCUT2D eigenvalue weighted by atomic mass is 127. The van der Waals surface area contributed by atoms with Gasteiger partial charge in [0.1, 0.15) is 6.10 Å². The summed E-state index contributed by atoms with van der Waals surface area (Å²) in [5, 5.41) is 14.4. The Kier molecular flexibility index (Phi) is 3.30. The summed E-state index contributed by atoms with van der Waals surface area (Å²) in [6.45, 7) is 2.04. The van der Waals surface area contributed by atoms with E-state index in [1.165, 1.54) is 5.56 Å². The highest BCUT2D eigenvalue weighted by Crippen LogP contribution is 2.27. The highest BCUT2D eigenvalue weighted by Gasteiger charge is 2.17. The third-order valence-corrected chi connectivity index (χ3v) is 4.13. The van der Waals surface area contributed by atoms with Crippen LogP contribution >= 0.6 is 22.6 Å². The molecule has 0 aliphatic heterocycles. The summed E-state index contributed by atoms with van der Waals surface area (Å²) in [7, 11) is 1.83. The molecule has 0 spiro atoms. The minimum absolute atomic E-state index is 0.612. The van der Waals surface area contributed by atoms with Crippen LogP contribution in [0.2, 0.25) is 0 Å². The maximum absolute atomic E-state index is 10.3. The van der Waals surface area contributed by atoms with Crippen LogP contribution in [-0.4, -0.2) is 14.9 Å². The van der Waals surface area contributed by atoms with Gasteiger partial charge in [-0.05, 0) is 41.1 Å². The molecule has 16 heavy (non-hydrogen) atoms. The summed E-state index contributed by atoms with van der Waals surface area (Å²) < 4.78 is 2.80. The molecule has 4 heteroatoms. The van der Waals surface area contributed by atoms with E-state index in [4.69, 9.17) is 0 Å². The van der Waals surface area contributed by atoms with Gasteiger partial charge in [-0.2, -0.15) is 5.10 Å². The van der Waals surface area contributed by atoms with Crippen molar-refractivity contribution in [3.05, 3.63) is 50.9 Å². The Morgan fingerprint density at radius 1 is 1.38 bits per heavy atom. The molecule has 1 aromatic carbocycles. The lowest BCUT2D eigenvalue weighted by atomic mass is 10.0. The van der Waals surface area contributed by atoms with Crippen molar-refractivity contribution in [2.75, 3.05) is 0 Å². The fraction of sp³-hybridized carbons (Fsp3) is 0.250. The Bertz CT molecular complexity index is 507. The van der Waals surface area contributed by atoms with E-state index in [1.807, 2.05) is 38.2 Å². The van der Waals surface area contributed by atoms with Gasteiger partial charge in [0.25, 0.3) is 0 Å². The SMILES string of the molecule is Cc1cccc(C(O)c2ccnn2C)c1I. The van der Waals surface area contributed by atoms with Crippen LogP contribution in [-0.2, 0) is 7.05 Å². The summed E-state index contributed by atoms with van der Waals surface area (Å²) in [6.07, 6.45) is 1.08. The van der Waals surface area contributed by atoms with Crippen LogP contribution < -0.4 is 0 Å². The lowest BCUT2D eigenvalue weighted by Gasteiger charge is -2.14. The van der Waals surface area contributed by atoms with Crippen LogP contribution in [0.5, 0.6) is 0 Å². The Morgan fingerprint density at radius 2 is 2.12 bits per heavy atom. The monoisotopic (exact) mass is 328 g/mol. The third kappa shape index (κ3) is 1.99. The summed E-state index contributed by atoms with van der Waals surface area (Å²) in [4.78, 5) is 0. The molecule has 0 fully saturated rings. The lowest BCUT2D eigenvalue weighted by Crippen LogP contribution is -2.08. The molecule has 0 aliphatic rings. The standard InChI is InChI=1S/C12H13IN2O/c1-8-4-3-5-9(11(8)13)12(16)10-6-7-14-15(10)2/h3-7,12,16H,1-2H3. The first-order chi connectivity index (χ1) is 7.61. The van der Waals surface area contributed by atoms with Crippen molar-refractivity contribution < 1.29 is 5.11 Å². The van der Waals surface area contributed by atoms with Gasteiger partial charge in [-0.25, -0.2) is 0 Å². The molecule has 1 unspecified atom stereocenters. The minimum Gasteiger partial charge on any atom is -0.382 e. The number of hydrogen-bond donors (Lipinski definition) is 1. The normalized spacial score (nSPS) is 12.8. The summed E-state index contributed by atoms with van der Waals surface area (Å²) >= 11 is 2.27. The van der Waals surface area contributed by atoms with Crippen molar-refractivity contribution in [1.29, 1.82) is 0 Å². The van der Waals surface area contributed by atoms with Crippen molar-refractivity contribution in [1.82, 2.24) is 9.78 Å². The molecular formula is C12H13IN2O. The molecule has 0 aliphatic carbocycles. The van der Waals surface area contributed by atoms with Crippen LogP contribution in [0.15, 0.2) is 30.5 Å². The fourth-order valence-electron chi connectivity index (χ4n) is 1.69. The zero-order valence-electron chi connectivity index (χ0n) is 9.18. The summed E-state index contributed by atoms with van der Waals surface area (Å²) in [6, 6.07) is 7.79. The van der Waals surface area contributed by atoms with Crippen molar-refractivity contribution in [3.8, 4) is 0 Å². The fourth-order valence-corrected chi connectivity index (χ4v) is 2.35. The molecule has 1 atom stereocenters. The number of aromatic nitrogens is 2. The van der Waals surface area contributed by atoms with Crippen molar-refractivity contribution >= 4 is 22.6 Å². The Morgan fingerprint density at radius 3 is 2.75 bits per heavy atom. The van der Waals surface area contributed by atoms with Gasteiger partial charge in [0.15, 0.2) is 0 Å². The van der Waals surface area contributed by atoms with E-state index >= 15 is 0 Å². The molecule has 3 nitrogen and oxygen atoms in total. The average molecular weight is 328 g/mol. The van der Waals surface area contributed by atoms with Crippen molar-refractivity contribution in [3.63, 3.8) is 0 Å². The number of hydrogen-bond acceptors (Lipinski definition) is 2. The maximum Gasteiger partial charge on any atom is 0.122 e. The predicted molar refractivity (Wildman–Crippen MR) is 71.2 cm³/mol. The van der Waals surface area contributed by atoms with Crippen molar-refractivity contribution in [2.45, 2.75) is 13.0 Å². The van der Waals surface area contributed by atoms with Crippen LogP contribution in [0.1, 0.15) is 22.9 Å². The first-order valence-corrected chi connectivity index (χ1v) is 6.10. The van der Waals surface area contributed by atoms with Gasteiger partial charge in [-0.3, -0.25) is 4.68 Å². The second-order valence-corrected chi connectivity index (χ2v) is 4.84. The first kappa shape index (κ1) is 11.6. The van der Waals surface area contributed by atoms with E-state index in [9.17, 15) is 5.11 Å². The van der Waals surface area contributed by atoms with Gasteiger partial charge >= 0.3 is 0 Å². The largest absolute Gasteiger partial charge is 0.382 e. The predicted octanol–water partition coefficient (Wildman–Crippen LogP) is 2.41. The molecule has 2 aromatic rings. The molecule has 0 radical (unpaired) electrons. The van der Waals surface area contributed by atoms with Gasteiger partial charge in [0, 0.05) is 22.4 Å². The number of aryl methyl sites for hydroxylation is 2. The highest BCUT2D eigenvalue weighted by molar-refractivity contribution is 14.1. The van der Waals surface area contributed by atoms with E-state index in [-0.39, 0.29) is 0 Å². The molecule has 0 amide bonds. The molecule has 1 N–H and O–H groups in total. The molecule has 0 bridgehead atoms. The Balaban J connectivity index is 2.46. The van der Waals surface area contributed by atoms with E-state index in [2.05, 4.69) is 27.7 Å². The Labute approximate surface area is 108 Å². The quantitative estimate of drug-likeness (QED) is 0.860. The zero-order chi connectivity index (χ0) is 11.7. The van der Waals surface area contributed by atoms with Gasteiger partial charge in [0.2, 0.25) is 0 Å². The number of nitrogens with zero attached hydrogens (tertiary/aromatic N) is 2. The minimum atomic E-state index is -0.612. The molecule has 0 saturated heterocycles. The second kappa shape index (κ2) is 4.55.